The lowest BCUT2D eigenvalue weighted by atomic mass is 9.96. The number of ketones is 1. The number of para-hydroxylation sites is 1. The second-order valence-corrected chi connectivity index (χ2v) is 6.23. The monoisotopic (exact) mass is 347 g/mol. The van der Waals surface area contributed by atoms with E-state index in [-0.39, 0.29) is 17.5 Å². The number of aliphatic hydroxyl groups excluding tert-OH is 1. The third-order valence-corrected chi connectivity index (χ3v) is 4.11. The number of carbonyl (C=O) groups is 2. The predicted octanol–water partition coefficient (Wildman–Crippen LogP) is 2.79. The number of Topliss-reactive ketones (excluding diaryl/α,β-unsaturated/α-hetero) is 1. The summed E-state index contributed by atoms with van der Waals surface area (Å²) < 4.78 is 10.9. The number of ether oxygens (including phenoxy) is 2. The van der Waals surface area contributed by atoms with Gasteiger partial charge < -0.3 is 19.5 Å². The molecule has 1 aliphatic rings. The van der Waals surface area contributed by atoms with Gasteiger partial charge in [-0.3, -0.25) is 9.59 Å². The van der Waals surface area contributed by atoms with Crippen LogP contribution in [0.25, 0.3) is 0 Å². The molecule has 6 nitrogen and oxygen atoms in total. The number of hydrogen-bond acceptors (Lipinski definition) is 5. The first kappa shape index (κ1) is 19.0. The van der Waals surface area contributed by atoms with Gasteiger partial charge in [0.2, 0.25) is 0 Å². The highest BCUT2D eigenvalue weighted by Gasteiger charge is 2.43. The predicted molar refractivity (Wildman–Crippen MR) is 93.5 cm³/mol. The van der Waals surface area contributed by atoms with Crippen molar-refractivity contribution in [2.75, 3.05) is 20.3 Å². The quantitative estimate of drug-likeness (QED) is 0.732. The number of methoxy groups -OCH3 is 1. The van der Waals surface area contributed by atoms with E-state index >= 15 is 0 Å². The minimum Gasteiger partial charge on any atom is -0.503 e. The van der Waals surface area contributed by atoms with Crippen LogP contribution in [0.2, 0.25) is 0 Å². The van der Waals surface area contributed by atoms with Gasteiger partial charge in [-0.05, 0) is 33.3 Å². The Kier molecular flexibility index (Phi) is 6.20. The highest BCUT2D eigenvalue weighted by atomic mass is 16.5. The number of carbonyl (C=O) groups excluding carboxylic acids is 2. The molecule has 0 saturated heterocycles. The summed E-state index contributed by atoms with van der Waals surface area (Å²) in [7, 11) is 1.54. The normalized spacial score (nSPS) is 17.6. The molecule has 1 heterocycles. The van der Waals surface area contributed by atoms with Crippen molar-refractivity contribution in [2.45, 2.75) is 39.3 Å². The number of nitrogens with zero attached hydrogens (tertiary/aromatic N) is 1. The summed E-state index contributed by atoms with van der Waals surface area (Å²) in [5.41, 5.74) is 0.789. The van der Waals surface area contributed by atoms with Gasteiger partial charge in [-0.2, -0.15) is 0 Å². The smallest absolute Gasteiger partial charge is 0.290 e. The number of hydrogen-bond donors (Lipinski definition) is 1. The molecule has 25 heavy (non-hydrogen) atoms. The minimum atomic E-state index is -0.653. The van der Waals surface area contributed by atoms with E-state index in [9.17, 15) is 14.7 Å². The van der Waals surface area contributed by atoms with Gasteiger partial charge in [-0.1, -0.05) is 18.2 Å². The summed E-state index contributed by atoms with van der Waals surface area (Å²) in [6.07, 6.45) is 0.715. The lowest BCUT2D eigenvalue weighted by molar-refractivity contribution is -0.129. The van der Waals surface area contributed by atoms with Gasteiger partial charge >= 0.3 is 0 Å². The second-order valence-electron chi connectivity index (χ2n) is 6.23. The lowest BCUT2D eigenvalue weighted by Gasteiger charge is -2.27. The zero-order chi connectivity index (χ0) is 18.6. The van der Waals surface area contributed by atoms with Crippen LogP contribution >= 0.6 is 0 Å². The van der Waals surface area contributed by atoms with E-state index in [4.69, 9.17) is 9.47 Å². The van der Waals surface area contributed by atoms with E-state index < -0.39 is 17.7 Å². The van der Waals surface area contributed by atoms with Gasteiger partial charge in [-0.25, -0.2) is 0 Å². The molecule has 1 aliphatic heterocycles. The van der Waals surface area contributed by atoms with Crippen LogP contribution in [0.1, 0.15) is 38.8 Å². The van der Waals surface area contributed by atoms with Crippen molar-refractivity contribution in [3.8, 4) is 5.75 Å². The third kappa shape index (κ3) is 4.02. The summed E-state index contributed by atoms with van der Waals surface area (Å²) in [5, 5.41) is 10.2. The summed E-state index contributed by atoms with van der Waals surface area (Å²) in [6.45, 7) is 6.11. The zero-order valence-electron chi connectivity index (χ0n) is 15.1. The van der Waals surface area contributed by atoms with Gasteiger partial charge in [0, 0.05) is 18.7 Å². The van der Waals surface area contributed by atoms with Crippen LogP contribution in [0.3, 0.4) is 0 Å². The first-order valence-electron chi connectivity index (χ1n) is 8.38. The Labute approximate surface area is 148 Å². The maximum absolute atomic E-state index is 12.5. The standard InChI is InChI=1S/C19H25NO5/c1-12(2)25-11-7-10-20-17(14-8-5-6-9-15(14)24-4)16(13(3)21)18(22)19(20)23/h5-6,8-9,12,17,22H,7,10-11H2,1-4H3/t17-/m1/s1. The molecule has 0 saturated carbocycles. The van der Waals surface area contributed by atoms with Crippen molar-refractivity contribution in [3.63, 3.8) is 0 Å². The van der Waals surface area contributed by atoms with Crippen molar-refractivity contribution < 1.29 is 24.2 Å². The fourth-order valence-electron chi connectivity index (χ4n) is 3.01. The Balaban J connectivity index is 2.34. The topological polar surface area (TPSA) is 76.1 Å². The Bertz CT molecular complexity index is 680. The SMILES string of the molecule is COc1ccccc1[C@@H]1C(C(C)=O)=C(O)C(=O)N1CCCOC(C)C. The van der Waals surface area contributed by atoms with E-state index in [1.165, 1.54) is 18.9 Å². The van der Waals surface area contributed by atoms with Crippen molar-refractivity contribution in [3.05, 3.63) is 41.2 Å². The molecule has 136 valence electrons. The highest BCUT2D eigenvalue weighted by Crippen LogP contribution is 2.41. The molecule has 0 aliphatic carbocycles. The van der Waals surface area contributed by atoms with E-state index in [0.29, 0.717) is 30.9 Å². The van der Waals surface area contributed by atoms with Gasteiger partial charge in [0.25, 0.3) is 5.91 Å². The summed E-state index contributed by atoms with van der Waals surface area (Å²) in [5.74, 6) is -0.779. The minimum absolute atomic E-state index is 0.110. The second kappa shape index (κ2) is 8.16. The highest BCUT2D eigenvalue weighted by molar-refractivity contribution is 6.08. The average molecular weight is 347 g/mol. The van der Waals surface area contributed by atoms with E-state index in [1.807, 2.05) is 26.0 Å². The van der Waals surface area contributed by atoms with Crippen LogP contribution in [0, 0.1) is 0 Å². The lowest BCUT2D eigenvalue weighted by Crippen LogP contribution is -2.32. The van der Waals surface area contributed by atoms with Gasteiger partial charge in [0.05, 0.1) is 24.8 Å². The molecule has 1 aromatic rings. The molecule has 0 bridgehead atoms. The van der Waals surface area contributed by atoms with Gasteiger partial charge in [-0.15, -0.1) is 0 Å². The van der Waals surface area contributed by atoms with E-state index in [1.54, 1.807) is 12.1 Å². The van der Waals surface area contributed by atoms with E-state index in [2.05, 4.69) is 0 Å². The Morgan fingerprint density at radius 1 is 1.32 bits per heavy atom. The van der Waals surface area contributed by atoms with Crippen molar-refractivity contribution in [2.24, 2.45) is 0 Å². The van der Waals surface area contributed by atoms with Crippen molar-refractivity contribution in [1.29, 1.82) is 0 Å². The molecule has 2 rings (SSSR count). The molecule has 6 heteroatoms. The maximum Gasteiger partial charge on any atom is 0.290 e. The van der Waals surface area contributed by atoms with Crippen LogP contribution in [0.15, 0.2) is 35.6 Å². The molecule has 1 N–H and O–H groups in total. The molecule has 0 fully saturated rings. The summed E-state index contributed by atoms with van der Waals surface area (Å²) in [6, 6.07) is 6.55. The van der Waals surface area contributed by atoms with Crippen LogP contribution < -0.4 is 4.74 Å². The molecule has 0 unspecified atom stereocenters. The zero-order valence-corrected chi connectivity index (χ0v) is 15.1. The Morgan fingerprint density at radius 3 is 2.60 bits per heavy atom. The molecular formula is C19H25NO5. The van der Waals surface area contributed by atoms with Crippen molar-refractivity contribution in [1.82, 2.24) is 4.90 Å². The Morgan fingerprint density at radius 2 is 2.00 bits per heavy atom. The molecule has 0 aromatic heterocycles. The number of benzene rings is 1. The van der Waals surface area contributed by atoms with Crippen molar-refractivity contribution >= 4 is 11.7 Å². The first-order valence-corrected chi connectivity index (χ1v) is 8.38. The fourth-order valence-corrected chi connectivity index (χ4v) is 3.01. The van der Waals surface area contributed by atoms with Gasteiger partial charge in [0.1, 0.15) is 5.75 Å². The molecule has 1 amide bonds. The number of rotatable bonds is 8. The van der Waals surface area contributed by atoms with Crippen LogP contribution in [0.4, 0.5) is 0 Å². The average Bonchev–Trinajstić information content (AvgIpc) is 2.83. The fraction of sp³-hybridized carbons (Fsp3) is 0.474. The summed E-state index contributed by atoms with van der Waals surface area (Å²) >= 11 is 0. The molecule has 0 spiro atoms. The molecular weight excluding hydrogens is 322 g/mol. The van der Waals surface area contributed by atoms with Crippen LogP contribution in [-0.4, -0.2) is 48.1 Å². The number of aliphatic hydroxyl groups is 1. The van der Waals surface area contributed by atoms with Crippen LogP contribution in [-0.2, 0) is 14.3 Å². The largest absolute Gasteiger partial charge is 0.503 e. The molecule has 1 aromatic carbocycles. The first-order chi connectivity index (χ1) is 11.9. The molecule has 1 atom stereocenters. The molecule has 0 radical (unpaired) electrons. The maximum atomic E-state index is 12.5. The number of amides is 1. The third-order valence-electron chi connectivity index (χ3n) is 4.11. The van der Waals surface area contributed by atoms with Gasteiger partial charge in [0.15, 0.2) is 11.5 Å². The summed E-state index contributed by atoms with van der Waals surface area (Å²) in [4.78, 5) is 26.1. The Hall–Kier alpha value is -2.34. The van der Waals surface area contributed by atoms with E-state index in [0.717, 1.165) is 0 Å². The van der Waals surface area contributed by atoms with Crippen LogP contribution in [0.5, 0.6) is 5.75 Å².